The topological polar surface area (TPSA) is 91.5 Å². The van der Waals surface area contributed by atoms with Crippen molar-refractivity contribution in [1.29, 1.82) is 0 Å². The molecule has 0 radical (unpaired) electrons. The van der Waals surface area contributed by atoms with Gasteiger partial charge in [0.05, 0.1) is 16.6 Å². The number of hydrogen-bond acceptors (Lipinski definition) is 7. The van der Waals surface area contributed by atoms with Crippen LogP contribution < -0.4 is 10.2 Å². The molecule has 1 saturated carbocycles. The number of nitrogens with one attached hydrogen (secondary N) is 1. The van der Waals surface area contributed by atoms with Gasteiger partial charge in [0, 0.05) is 31.3 Å². The van der Waals surface area contributed by atoms with Crippen molar-refractivity contribution in [2.75, 3.05) is 23.3 Å². The van der Waals surface area contributed by atoms with Gasteiger partial charge in [0.2, 0.25) is 0 Å². The lowest BCUT2D eigenvalue weighted by Crippen LogP contribution is -2.36. The van der Waals surface area contributed by atoms with E-state index in [9.17, 15) is 18.3 Å². The second kappa shape index (κ2) is 8.83. The number of nitrogens with zero attached hydrogens (tertiary/aromatic N) is 6. The summed E-state index contributed by atoms with van der Waals surface area (Å²) in [4.78, 5) is 15.2. The number of halogens is 3. The van der Waals surface area contributed by atoms with E-state index in [4.69, 9.17) is 4.98 Å². The van der Waals surface area contributed by atoms with Gasteiger partial charge in [-0.1, -0.05) is 12.1 Å². The maximum absolute atomic E-state index is 14.0. The highest BCUT2D eigenvalue weighted by Crippen LogP contribution is 2.37. The maximum atomic E-state index is 14.0. The Kier molecular flexibility index (Phi) is 5.70. The molecule has 3 aromatic heterocycles. The largest absolute Gasteiger partial charge is 0.435 e. The van der Waals surface area contributed by atoms with Gasteiger partial charge < -0.3 is 15.3 Å². The lowest BCUT2D eigenvalue weighted by Gasteiger charge is -2.34. The summed E-state index contributed by atoms with van der Waals surface area (Å²) in [5.41, 5.74) is -1.03. The molecule has 1 aromatic carbocycles. The smallest absolute Gasteiger partial charge is 0.390 e. The third-order valence-corrected chi connectivity index (χ3v) is 7.34. The summed E-state index contributed by atoms with van der Waals surface area (Å²) in [6.07, 6.45) is 0.333. The number of alkyl halides is 3. The molecule has 2 aliphatic rings. The zero-order chi connectivity index (χ0) is 25.8. The predicted octanol–water partition coefficient (Wildman–Crippen LogP) is 5.06. The van der Waals surface area contributed by atoms with E-state index in [1.807, 2.05) is 13.0 Å². The van der Waals surface area contributed by atoms with E-state index in [1.165, 1.54) is 6.07 Å². The molecular weight excluding hydrogens is 483 g/mol. The normalized spacial score (nSPS) is 22.7. The highest BCUT2D eigenvalue weighted by molar-refractivity contribution is 5.79. The van der Waals surface area contributed by atoms with Crippen LogP contribution in [0, 0.1) is 0 Å². The van der Waals surface area contributed by atoms with Gasteiger partial charge in [-0.15, -0.1) is 0 Å². The summed E-state index contributed by atoms with van der Waals surface area (Å²) < 4.78 is 43.7. The average Bonchev–Trinajstić information content (AvgIpc) is 3.54. The van der Waals surface area contributed by atoms with Crippen LogP contribution in [0.5, 0.6) is 0 Å². The van der Waals surface area contributed by atoms with Gasteiger partial charge >= 0.3 is 6.18 Å². The van der Waals surface area contributed by atoms with E-state index >= 15 is 0 Å². The molecule has 194 valence electrons. The highest BCUT2D eigenvalue weighted by atomic mass is 19.4. The molecule has 2 N–H and O–H groups in total. The van der Waals surface area contributed by atoms with Crippen LogP contribution in [-0.4, -0.2) is 54.4 Å². The van der Waals surface area contributed by atoms with Crippen molar-refractivity contribution >= 4 is 28.3 Å². The third-order valence-electron chi connectivity index (χ3n) is 7.34. The van der Waals surface area contributed by atoms with Gasteiger partial charge in [-0.2, -0.15) is 22.8 Å². The van der Waals surface area contributed by atoms with Crippen LogP contribution in [0.3, 0.4) is 0 Å². The first kappa shape index (κ1) is 23.9. The molecule has 1 aliphatic heterocycles. The summed E-state index contributed by atoms with van der Waals surface area (Å²) in [5, 5.41) is 18.4. The molecule has 0 bridgehead atoms. The number of fused-ring (bicyclic) bond motifs is 2. The van der Waals surface area contributed by atoms with Gasteiger partial charge in [0.25, 0.3) is 0 Å². The van der Waals surface area contributed by atoms with Gasteiger partial charge in [-0.3, -0.25) is 0 Å². The van der Waals surface area contributed by atoms with Crippen LogP contribution >= 0.6 is 0 Å². The molecule has 6 rings (SSSR count). The predicted molar refractivity (Wildman–Crippen MR) is 134 cm³/mol. The Morgan fingerprint density at radius 3 is 2.35 bits per heavy atom. The molecule has 1 aliphatic carbocycles. The van der Waals surface area contributed by atoms with Gasteiger partial charge in [-0.25, -0.2) is 15.0 Å². The Morgan fingerprint density at radius 2 is 1.68 bits per heavy atom. The SMILES string of the molecule is C[C@]1(O)CC[C@H](Nc2cc(N3CCCC3)nc3cc(-c4nc5ccccc5nc4C(F)(F)F)nn23)CC1. The minimum absolute atomic E-state index is 0.0614. The fourth-order valence-corrected chi connectivity index (χ4v) is 5.26. The number of hydrogen-bond donors (Lipinski definition) is 2. The third kappa shape index (κ3) is 4.68. The fourth-order valence-electron chi connectivity index (χ4n) is 5.26. The lowest BCUT2D eigenvalue weighted by molar-refractivity contribution is -0.140. The van der Waals surface area contributed by atoms with Crippen LogP contribution in [0.1, 0.15) is 51.1 Å². The van der Waals surface area contributed by atoms with E-state index in [-0.39, 0.29) is 22.9 Å². The van der Waals surface area contributed by atoms with Gasteiger partial charge in [-0.05, 0) is 57.6 Å². The van der Waals surface area contributed by atoms with E-state index < -0.39 is 17.5 Å². The molecule has 0 unspecified atom stereocenters. The van der Waals surface area contributed by atoms with Gasteiger partial charge in [0.1, 0.15) is 23.0 Å². The van der Waals surface area contributed by atoms with Crippen molar-refractivity contribution in [1.82, 2.24) is 24.6 Å². The van der Waals surface area contributed by atoms with Crippen LogP contribution in [0.15, 0.2) is 36.4 Å². The number of benzene rings is 1. The first-order valence-electron chi connectivity index (χ1n) is 12.7. The average molecular weight is 512 g/mol. The van der Waals surface area contributed by atoms with Crippen LogP contribution in [0.4, 0.5) is 24.8 Å². The van der Waals surface area contributed by atoms with Crippen LogP contribution in [-0.2, 0) is 6.18 Å². The van der Waals surface area contributed by atoms with Crippen LogP contribution in [0.25, 0.3) is 28.1 Å². The maximum Gasteiger partial charge on any atom is 0.435 e. The number of aliphatic hydroxyl groups is 1. The first-order valence-corrected chi connectivity index (χ1v) is 12.7. The Bertz CT molecular complexity index is 1450. The minimum Gasteiger partial charge on any atom is -0.390 e. The quantitative estimate of drug-likeness (QED) is 0.396. The van der Waals surface area contributed by atoms with E-state index in [2.05, 4.69) is 25.3 Å². The van der Waals surface area contributed by atoms with Crippen molar-refractivity contribution in [2.45, 2.75) is 63.3 Å². The zero-order valence-electron chi connectivity index (χ0n) is 20.5. The molecule has 0 spiro atoms. The molecule has 1 saturated heterocycles. The molecular formula is C26H28F3N7O. The second-order valence-corrected chi connectivity index (χ2v) is 10.3. The number of anilines is 2. The Hall–Kier alpha value is -3.47. The van der Waals surface area contributed by atoms with E-state index in [0.29, 0.717) is 29.8 Å². The summed E-state index contributed by atoms with van der Waals surface area (Å²) >= 11 is 0. The molecule has 4 heterocycles. The van der Waals surface area contributed by atoms with Crippen molar-refractivity contribution in [3.05, 3.63) is 42.1 Å². The van der Waals surface area contributed by atoms with Crippen molar-refractivity contribution < 1.29 is 18.3 Å². The first-order chi connectivity index (χ1) is 17.7. The number of para-hydroxylation sites is 2. The molecule has 37 heavy (non-hydrogen) atoms. The van der Waals surface area contributed by atoms with Crippen molar-refractivity contribution in [2.24, 2.45) is 0 Å². The molecule has 8 nitrogen and oxygen atoms in total. The monoisotopic (exact) mass is 511 g/mol. The molecule has 0 amide bonds. The zero-order valence-corrected chi connectivity index (χ0v) is 20.5. The lowest BCUT2D eigenvalue weighted by atomic mass is 9.84. The summed E-state index contributed by atoms with van der Waals surface area (Å²) in [6.45, 7) is 3.61. The van der Waals surface area contributed by atoms with Crippen molar-refractivity contribution in [3.63, 3.8) is 0 Å². The molecule has 2 fully saturated rings. The molecule has 4 aromatic rings. The van der Waals surface area contributed by atoms with E-state index in [1.54, 1.807) is 28.8 Å². The Morgan fingerprint density at radius 1 is 1.00 bits per heavy atom. The number of aromatic nitrogens is 5. The summed E-state index contributed by atoms with van der Waals surface area (Å²) in [6, 6.07) is 10.1. The minimum atomic E-state index is -4.70. The highest BCUT2D eigenvalue weighted by Gasteiger charge is 2.38. The van der Waals surface area contributed by atoms with E-state index in [0.717, 1.165) is 44.6 Å². The van der Waals surface area contributed by atoms with Gasteiger partial charge in [0.15, 0.2) is 11.3 Å². The summed E-state index contributed by atoms with van der Waals surface area (Å²) in [7, 11) is 0. The Labute approximate surface area is 211 Å². The Balaban J connectivity index is 1.47. The van der Waals surface area contributed by atoms with Crippen molar-refractivity contribution in [3.8, 4) is 11.4 Å². The second-order valence-electron chi connectivity index (χ2n) is 10.3. The fraction of sp³-hybridized carbons (Fsp3) is 0.462. The van der Waals surface area contributed by atoms with Crippen LogP contribution in [0.2, 0.25) is 0 Å². The number of rotatable bonds is 4. The summed E-state index contributed by atoms with van der Waals surface area (Å²) in [5.74, 6) is 1.43. The standard InChI is InChI=1S/C26H28F3N7O/c1-25(37)10-8-16(9-11-25)30-22-15-20(35-12-4-5-13-35)33-21-14-19(34-36(21)22)23-24(26(27,28)29)32-18-7-3-2-6-17(18)31-23/h2-3,6-7,14-16,30,37H,4-5,8-13H2,1H3/t16-,25-. The molecule has 0 atom stereocenters. The molecule has 11 heteroatoms.